The summed E-state index contributed by atoms with van der Waals surface area (Å²) in [6.07, 6.45) is 2.49. The molecule has 8 heteroatoms. The van der Waals surface area contributed by atoms with Gasteiger partial charge in [-0.05, 0) is 49.8 Å². The minimum Gasteiger partial charge on any atom is -0.481 e. The van der Waals surface area contributed by atoms with Gasteiger partial charge in [0.15, 0.2) is 0 Å². The minimum absolute atomic E-state index is 0.105. The molecule has 0 radical (unpaired) electrons. The Morgan fingerprint density at radius 1 is 1.26 bits per heavy atom. The van der Waals surface area contributed by atoms with E-state index in [2.05, 4.69) is 10.6 Å². The molecule has 144 valence electrons. The van der Waals surface area contributed by atoms with Gasteiger partial charge in [-0.3, -0.25) is 19.7 Å². The molecule has 2 atom stereocenters. The van der Waals surface area contributed by atoms with Crippen molar-refractivity contribution in [3.05, 3.63) is 35.4 Å². The highest BCUT2D eigenvalue weighted by molar-refractivity contribution is 6.07. The first-order valence-corrected chi connectivity index (χ1v) is 9.05. The molecule has 0 bridgehead atoms. The number of nitrogens with one attached hydrogen (secondary N) is 2. The van der Waals surface area contributed by atoms with Crippen molar-refractivity contribution in [2.24, 2.45) is 5.92 Å². The second-order valence-corrected chi connectivity index (χ2v) is 7.30. The summed E-state index contributed by atoms with van der Waals surface area (Å²) < 4.78 is 0. The standard InChI is InChI=1S/C19H23N3O5/c1-19(17(26)20-18(27)21-19)14-7-5-13(6-8-14)16(25)22-10-2-3-12(11-22)4-9-15(23)24/h5-8,12H,2-4,9-11H2,1H3,(H,23,24)(H2,20,21,26,27). The van der Waals surface area contributed by atoms with Crippen LogP contribution in [-0.4, -0.2) is 46.9 Å². The molecule has 3 rings (SSSR count). The molecular weight excluding hydrogens is 350 g/mol. The molecule has 2 aliphatic rings. The summed E-state index contributed by atoms with van der Waals surface area (Å²) in [4.78, 5) is 48.7. The van der Waals surface area contributed by atoms with E-state index >= 15 is 0 Å². The molecule has 2 unspecified atom stereocenters. The maximum Gasteiger partial charge on any atom is 0.322 e. The number of benzene rings is 1. The molecule has 0 spiro atoms. The van der Waals surface area contributed by atoms with Crippen LogP contribution in [0.2, 0.25) is 0 Å². The summed E-state index contributed by atoms with van der Waals surface area (Å²) in [7, 11) is 0. The first kappa shape index (κ1) is 18.9. The van der Waals surface area contributed by atoms with Crippen molar-refractivity contribution in [2.45, 2.75) is 38.1 Å². The van der Waals surface area contributed by atoms with Crippen LogP contribution in [0.4, 0.5) is 4.79 Å². The number of piperidine rings is 1. The minimum atomic E-state index is -1.15. The fourth-order valence-electron chi connectivity index (χ4n) is 3.69. The zero-order valence-corrected chi connectivity index (χ0v) is 15.2. The maximum absolute atomic E-state index is 12.8. The number of carboxylic acids is 1. The van der Waals surface area contributed by atoms with Gasteiger partial charge in [0.1, 0.15) is 5.54 Å². The van der Waals surface area contributed by atoms with Crippen molar-refractivity contribution in [1.82, 2.24) is 15.5 Å². The van der Waals surface area contributed by atoms with Gasteiger partial charge >= 0.3 is 12.0 Å². The van der Waals surface area contributed by atoms with Crippen LogP contribution in [0.15, 0.2) is 24.3 Å². The summed E-state index contributed by atoms with van der Waals surface area (Å²) in [5, 5.41) is 13.6. The van der Waals surface area contributed by atoms with Gasteiger partial charge in [-0.25, -0.2) is 4.79 Å². The highest BCUT2D eigenvalue weighted by atomic mass is 16.4. The van der Waals surface area contributed by atoms with Crippen LogP contribution in [0.25, 0.3) is 0 Å². The summed E-state index contributed by atoms with van der Waals surface area (Å²) in [6, 6.07) is 6.11. The van der Waals surface area contributed by atoms with Crippen LogP contribution >= 0.6 is 0 Å². The summed E-state index contributed by atoms with van der Waals surface area (Å²) in [6.45, 7) is 2.83. The number of amides is 4. The zero-order valence-electron chi connectivity index (χ0n) is 15.2. The molecule has 4 amide bonds. The summed E-state index contributed by atoms with van der Waals surface area (Å²) >= 11 is 0. The normalized spacial score (nSPS) is 25.1. The van der Waals surface area contributed by atoms with E-state index in [0.717, 1.165) is 12.8 Å². The second-order valence-electron chi connectivity index (χ2n) is 7.30. The lowest BCUT2D eigenvalue weighted by Crippen LogP contribution is -2.41. The number of likely N-dealkylation sites (tertiary alicyclic amines) is 1. The van der Waals surface area contributed by atoms with Crippen LogP contribution in [0.5, 0.6) is 0 Å². The molecule has 0 aromatic heterocycles. The average molecular weight is 373 g/mol. The SMILES string of the molecule is CC1(c2ccc(C(=O)N3CCCC(CCC(=O)O)C3)cc2)NC(=O)NC1=O. The molecule has 0 saturated carbocycles. The topological polar surface area (TPSA) is 116 Å². The Morgan fingerprint density at radius 3 is 2.56 bits per heavy atom. The van der Waals surface area contributed by atoms with E-state index in [1.54, 1.807) is 36.1 Å². The van der Waals surface area contributed by atoms with Gasteiger partial charge in [-0.1, -0.05) is 12.1 Å². The van der Waals surface area contributed by atoms with Crippen molar-refractivity contribution in [2.75, 3.05) is 13.1 Å². The molecule has 8 nitrogen and oxygen atoms in total. The van der Waals surface area contributed by atoms with Crippen molar-refractivity contribution in [1.29, 1.82) is 0 Å². The predicted octanol–water partition coefficient (Wildman–Crippen LogP) is 1.46. The number of rotatable bonds is 5. The lowest BCUT2D eigenvalue weighted by Gasteiger charge is -2.33. The van der Waals surface area contributed by atoms with Crippen LogP contribution in [0, 0.1) is 5.92 Å². The molecular formula is C19H23N3O5. The molecule has 3 N–H and O–H groups in total. The van der Waals surface area contributed by atoms with Crippen LogP contribution in [0.3, 0.4) is 0 Å². The molecule has 0 aliphatic carbocycles. The van der Waals surface area contributed by atoms with E-state index < -0.39 is 23.4 Å². The average Bonchev–Trinajstić information content (AvgIpc) is 2.92. The van der Waals surface area contributed by atoms with Crippen LogP contribution in [0.1, 0.15) is 48.5 Å². The van der Waals surface area contributed by atoms with Gasteiger partial charge in [-0.2, -0.15) is 0 Å². The van der Waals surface area contributed by atoms with Gasteiger partial charge in [0, 0.05) is 25.1 Å². The summed E-state index contributed by atoms with van der Waals surface area (Å²) in [5.41, 5.74) is -0.0440. The number of nitrogens with zero attached hydrogens (tertiary/aromatic N) is 1. The van der Waals surface area contributed by atoms with E-state index in [0.29, 0.717) is 30.6 Å². The Kier molecular flexibility index (Phi) is 5.16. The summed E-state index contributed by atoms with van der Waals surface area (Å²) in [5.74, 6) is -1.14. The largest absolute Gasteiger partial charge is 0.481 e. The van der Waals surface area contributed by atoms with Gasteiger partial charge in [-0.15, -0.1) is 0 Å². The first-order chi connectivity index (χ1) is 12.8. The van der Waals surface area contributed by atoms with E-state index in [9.17, 15) is 19.2 Å². The van der Waals surface area contributed by atoms with E-state index in [-0.39, 0.29) is 18.2 Å². The Balaban J connectivity index is 1.68. The highest BCUT2D eigenvalue weighted by Gasteiger charge is 2.43. The van der Waals surface area contributed by atoms with Crippen LogP contribution < -0.4 is 10.6 Å². The van der Waals surface area contributed by atoms with Crippen molar-refractivity contribution in [3.63, 3.8) is 0 Å². The number of carboxylic acid groups (broad SMARTS) is 1. The fraction of sp³-hybridized carbons (Fsp3) is 0.474. The zero-order chi connectivity index (χ0) is 19.6. The fourth-order valence-corrected chi connectivity index (χ4v) is 3.69. The molecule has 1 aromatic rings. The van der Waals surface area contributed by atoms with Crippen LogP contribution in [-0.2, 0) is 15.1 Å². The molecule has 2 saturated heterocycles. The lowest BCUT2D eigenvalue weighted by molar-refractivity contribution is -0.137. The maximum atomic E-state index is 12.8. The second kappa shape index (κ2) is 7.38. The Hall–Kier alpha value is -2.90. The van der Waals surface area contributed by atoms with Gasteiger partial charge in [0.25, 0.3) is 11.8 Å². The molecule has 1 aromatic carbocycles. The number of carbonyl (C=O) groups excluding carboxylic acids is 3. The number of carbonyl (C=O) groups is 4. The molecule has 2 aliphatic heterocycles. The van der Waals surface area contributed by atoms with Gasteiger partial charge in [0.05, 0.1) is 0 Å². The third kappa shape index (κ3) is 3.94. The Bertz CT molecular complexity index is 776. The number of hydrogen-bond acceptors (Lipinski definition) is 4. The molecule has 2 heterocycles. The Labute approximate surface area is 156 Å². The van der Waals surface area contributed by atoms with Gasteiger partial charge in [0.2, 0.25) is 0 Å². The van der Waals surface area contributed by atoms with Crippen molar-refractivity contribution >= 4 is 23.8 Å². The number of urea groups is 1. The van der Waals surface area contributed by atoms with E-state index in [4.69, 9.17) is 5.11 Å². The smallest absolute Gasteiger partial charge is 0.322 e. The van der Waals surface area contributed by atoms with Gasteiger partial charge < -0.3 is 15.3 Å². The third-order valence-corrected chi connectivity index (χ3v) is 5.33. The number of imide groups is 1. The number of hydrogen-bond donors (Lipinski definition) is 3. The van der Waals surface area contributed by atoms with Crippen molar-refractivity contribution < 1.29 is 24.3 Å². The van der Waals surface area contributed by atoms with Crippen molar-refractivity contribution in [3.8, 4) is 0 Å². The monoisotopic (exact) mass is 373 g/mol. The van der Waals surface area contributed by atoms with E-state index in [1.165, 1.54) is 0 Å². The number of aliphatic carboxylic acids is 1. The lowest BCUT2D eigenvalue weighted by atomic mass is 9.91. The molecule has 27 heavy (non-hydrogen) atoms. The first-order valence-electron chi connectivity index (χ1n) is 9.05. The molecule has 2 fully saturated rings. The van der Waals surface area contributed by atoms with E-state index in [1.807, 2.05) is 0 Å². The third-order valence-electron chi connectivity index (χ3n) is 5.33. The Morgan fingerprint density at radius 2 is 1.96 bits per heavy atom. The predicted molar refractivity (Wildman–Crippen MR) is 96.0 cm³/mol. The quantitative estimate of drug-likeness (QED) is 0.676. The highest BCUT2D eigenvalue weighted by Crippen LogP contribution is 2.26.